The molecule has 0 saturated carbocycles. The first-order valence-corrected chi connectivity index (χ1v) is 7.59. The summed E-state index contributed by atoms with van der Waals surface area (Å²) in [6.45, 7) is 6.62. The number of carbonyl (C=O) groups excluding carboxylic acids is 1. The molecule has 0 aliphatic carbocycles. The predicted molar refractivity (Wildman–Crippen MR) is 110 cm³/mol. The van der Waals surface area contributed by atoms with E-state index in [1.807, 2.05) is 51.9 Å². The Bertz CT molecular complexity index is 554. The Morgan fingerprint density at radius 2 is 1.96 bits per heavy atom. The third-order valence-electron chi connectivity index (χ3n) is 2.88. The average molecular weight is 448 g/mol. The lowest BCUT2D eigenvalue weighted by Gasteiger charge is -2.21. The number of nitrogens with one attached hydrogen (secondary N) is 3. The Kier molecular flexibility index (Phi) is 9.64. The lowest BCUT2D eigenvalue weighted by Crippen LogP contribution is -2.48. The summed E-state index contributed by atoms with van der Waals surface area (Å²) in [5.41, 5.74) is 0.848. The maximum absolute atomic E-state index is 11.8. The highest BCUT2D eigenvalue weighted by atomic mass is 127. The van der Waals surface area contributed by atoms with Crippen molar-refractivity contribution in [3.05, 3.63) is 23.9 Å². The molecule has 1 aromatic rings. The van der Waals surface area contributed by atoms with Crippen LogP contribution in [0.3, 0.4) is 0 Å². The van der Waals surface area contributed by atoms with Crippen LogP contribution >= 0.6 is 24.0 Å². The molecule has 1 aromatic heterocycles. The fourth-order valence-corrected chi connectivity index (χ4v) is 1.85. The van der Waals surface area contributed by atoms with Gasteiger partial charge >= 0.3 is 0 Å². The minimum Gasteiger partial charge on any atom is -0.363 e. The molecular formula is C16H29IN6O. The van der Waals surface area contributed by atoms with E-state index in [4.69, 9.17) is 0 Å². The number of aromatic nitrogens is 1. The summed E-state index contributed by atoms with van der Waals surface area (Å²) in [4.78, 5) is 22.2. The molecule has 0 saturated heterocycles. The molecule has 0 bridgehead atoms. The molecule has 0 unspecified atom stereocenters. The van der Waals surface area contributed by atoms with Crippen molar-refractivity contribution in [2.45, 2.75) is 32.9 Å². The Labute approximate surface area is 161 Å². The molecule has 0 aliphatic heterocycles. The summed E-state index contributed by atoms with van der Waals surface area (Å²) in [5.74, 6) is 1.41. The lowest BCUT2D eigenvalue weighted by molar-refractivity contribution is -0.121. The second-order valence-electron chi connectivity index (χ2n) is 6.49. The summed E-state index contributed by atoms with van der Waals surface area (Å²) in [7, 11) is 5.58. The second-order valence-corrected chi connectivity index (χ2v) is 6.49. The van der Waals surface area contributed by atoms with Gasteiger partial charge in [-0.05, 0) is 38.5 Å². The number of aliphatic imine (C=N–C) groups is 1. The Morgan fingerprint density at radius 3 is 2.50 bits per heavy atom. The third kappa shape index (κ3) is 8.90. The maximum Gasteiger partial charge on any atom is 0.239 e. The normalized spacial score (nSPS) is 11.3. The minimum atomic E-state index is -0.241. The molecule has 0 atom stereocenters. The van der Waals surface area contributed by atoms with Crippen LogP contribution in [0.4, 0.5) is 5.82 Å². The van der Waals surface area contributed by atoms with Gasteiger partial charge < -0.3 is 20.9 Å². The zero-order valence-electron chi connectivity index (χ0n) is 15.3. The van der Waals surface area contributed by atoms with Crippen LogP contribution in [0.25, 0.3) is 0 Å². The molecule has 0 aliphatic rings. The van der Waals surface area contributed by atoms with Crippen LogP contribution in [0.1, 0.15) is 26.3 Å². The van der Waals surface area contributed by atoms with Crippen molar-refractivity contribution in [1.82, 2.24) is 20.9 Å². The molecule has 136 valence electrons. The van der Waals surface area contributed by atoms with Gasteiger partial charge in [-0.2, -0.15) is 0 Å². The van der Waals surface area contributed by atoms with E-state index in [0.29, 0.717) is 12.5 Å². The van der Waals surface area contributed by atoms with E-state index in [0.717, 1.165) is 11.4 Å². The number of carbonyl (C=O) groups is 1. The van der Waals surface area contributed by atoms with Gasteiger partial charge in [0.25, 0.3) is 0 Å². The van der Waals surface area contributed by atoms with Gasteiger partial charge in [-0.15, -0.1) is 24.0 Å². The third-order valence-corrected chi connectivity index (χ3v) is 2.88. The fraction of sp³-hybridized carbons (Fsp3) is 0.562. The van der Waals surface area contributed by atoms with Crippen molar-refractivity contribution in [3.8, 4) is 0 Å². The molecule has 24 heavy (non-hydrogen) atoms. The highest BCUT2D eigenvalue weighted by Crippen LogP contribution is 2.09. The van der Waals surface area contributed by atoms with Gasteiger partial charge in [0.1, 0.15) is 5.82 Å². The highest BCUT2D eigenvalue weighted by molar-refractivity contribution is 14.0. The molecule has 1 rings (SSSR count). The van der Waals surface area contributed by atoms with Crippen LogP contribution in [-0.2, 0) is 11.3 Å². The maximum atomic E-state index is 11.8. The molecule has 0 spiro atoms. The van der Waals surface area contributed by atoms with Gasteiger partial charge in [0, 0.05) is 39.4 Å². The minimum absolute atomic E-state index is 0. The first-order chi connectivity index (χ1) is 10.7. The van der Waals surface area contributed by atoms with Crippen molar-refractivity contribution in [2.24, 2.45) is 4.99 Å². The van der Waals surface area contributed by atoms with Crippen LogP contribution in [0.2, 0.25) is 0 Å². The highest BCUT2D eigenvalue weighted by Gasteiger charge is 2.13. The van der Waals surface area contributed by atoms with Crippen LogP contribution in [0, 0.1) is 0 Å². The van der Waals surface area contributed by atoms with Crippen molar-refractivity contribution in [1.29, 1.82) is 0 Å². The fourth-order valence-electron chi connectivity index (χ4n) is 1.85. The number of anilines is 1. The lowest BCUT2D eigenvalue weighted by atomic mass is 10.1. The van der Waals surface area contributed by atoms with Crippen molar-refractivity contribution >= 4 is 41.7 Å². The van der Waals surface area contributed by atoms with Gasteiger partial charge in [0.15, 0.2) is 5.96 Å². The van der Waals surface area contributed by atoms with E-state index in [-0.39, 0.29) is 42.0 Å². The Hall–Kier alpha value is -1.58. The number of guanidine groups is 1. The molecule has 0 aromatic carbocycles. The topological polar surface area (TPSA) is 81.6 Å². The van der Waals surface area contributed by atoms with E-state index >= 15 is 0 Å². The van der Waals surface area contributed by atoms with Gasteiger partial charge in [-0.25, -0.2) is 4.98 Å². The number of halogens is 1. The molecule has 3 N–H and O–H groups in total. The summed E-state index contributed by atoms with van der Waals surface area (Å²) >= 11 is 0. The Morgan fingerprint density at radius 1 is 1.29 bits per heavy atom. The van der Waals surface area contributed by atoms with Crippen LogP contribution in [0.5, 0.6) is 0 Å². The number of rotatable bonds is 5. The summed E-state index contributed by atoms with van der Waals surface area (Å²) in [6.07, 6.45) is 1.78. The number of hydrogen-bond acceptors (Lipinski definition) is 4. The first-order valence-electron chi connectivity index (χ1n) is 7.59. The van der Waals surface area contributed by atoms with E-state index in [1.54, 1.807) is 13.2 Å². The summed E-state index contributed by atoms with van der Waals surface area (Å²) in [6, 6.07) is 3.95. The molecule has 8 heteroatoms. The zero-order chi connectivity index (χ0) is 17.5. The first kappa shape index (κ1) is 22.4. The SMILES string of the molecule is CN=C(NCC(=O)NC(C)(C)C)NCc1ccnc(N(C)C)c1.I. The molecular weight excluding hydrogens is 419 g/mol. The van der Waals surface area contributed by atoms with Gasteiger partial charge in [0.2, 0.25) is 5.91 Å². The molecule has 0 fully saturated rings. The number of nitrogens with zero attached hydrogens (tertiary/aromatic N) is 3. The standard InChI is InChI=1S/C16H28N6O.HI/c1-16(2,3)21-14(23)11-20-15(17-4)19-10-12-7-8-18-13(9-12)22(5)6;/h7-9H,10-11H2,1-6H3,(H,21,23)(H2,17,19,20);1H. The zero-order valence-corrected chi connectivity index (χ0v) is 17.6. The molecule has 1 heterocycles. The van der Waals surface area contributed by atoms with Crippen molar-refractivity contribution in [3.63, 3.8) is 0 Å². The van der Waals surface area contributed by atoms with E-state index < -0.39 is 0 Å². The molecule has 0 radical (unpaired) electrons. The van der Waals surface area contributed by atoms with Gasteiger partial charge in [-0.3, -0.25) is 9.79 Å². The second kappa shape index (κ2) is 10.3. The smallest absolute Gasteiger partial charge is 0.239 e. The van der Waals surface area contributed by atoms with Crippen molar-refractivity contribution < 1.29 is 4.79 Å². The predicted octanol–water partition coefficient (Wildman–Crippen LogP) is 1.35. The van der Waals surface area contributed by atoms with Crippen LogP contribution < -0.4 is 20.9 Å². The number of hydrogen-bond donors (Lipinski definition) is 3. The van der Waals surface area contributed by atoms with Crippen molar-refractivity contribution in [2.75, 3.05) is 32.6 Å². The quantitative estimate of drug-likeness (QED) is 0.360. The summed E-state index contributed by atoms with van der Waals surface area (Å²) in [5, 5.41) is 9.08. The summed E-state index contributed by atoms with van der Waals surface area (Å²) < 4.78 is 0. The van der Waals surface area contributed by atoms with E-state index in [1.165, 1.54) is 0 Å². The average Bonchev–Trinajstić information content (AvgIpc) is 2.46. The Balaban J connectivity index is 0.00000529. The number of amides is 1. The largest absolute Gasteiger partial charge is 0.363 e. The van der Waals surface area contributed by atoms with Crippen LogP contribution in [0.15, 0.2) is 23.3 Å². The van der Waals surface area contributed by atoms with E-state index in [9.17, 15) is 4.79 Å². The van der Waals surface area contributed by atoms with Crippen LogP contribution in [-0.4, -0.2) is 50.1 Å². The number of pyridine rings is 1. The monoisotopic (exact) mass is 448 g/mol. The molecule has 7 nitrogen and oxygen atoms in total. The van der Waals surface area contributed by atoms with E-state index in [2.05, 4.69) is 25.9 Å². The molecule has 1 amide bonds. The van der Waals surface area contributed by atoms with Gasteiger partial charge in [-0.1, -0.05) is 0 Å². The van der Waals surface area contributed by atoms with Gasteiger partial charge in [0.05, 0.1) is 6.54 Å².